The number of carbonyl (C=O) groups excluding carboxylic acids is 2. The molecule has 4 aromatic rings. The largest absolute Gasteiger partial charge is 0.347 e. The van der Waals surface area contributed by atoms with Gasteiger partial charge < -0.3 is 10.6 Å². The second-order valence-corrected chi connectivity index (χ2v) is 9.23. The first-order valence-corrected chi connectivity index (χ1v) is 12.5. The minimum Gasteiger partial charge on any atom is -0.347 e. The van der Waals surface area contributed by atoms with Crippen molar-refractivity contribution in [3.8, 4) is 0 Å². The summed E-state index contributed by atoms with van der Waals surface area (Å²) in [5.41, 5.74) is 4.96. The van der Waals surface area contributed by atoms with Crippen LogP contribution < -0.4 is 10.6 Å². The molecule has 6 heteroatoms. The molecule has 0 bridgehead atoms. The third-order valence-corrected chi connectivity index (χ3v) is 6.69. The minimum absolute atomic E-state index is 0.127. The van der Waals surface area contributed by atoms with Crippen LogP contribution in [0.3, 0.4) is 0 Å². The number of benzene rings is 3. The second-order valence-electron chi connectivity index (χ2n) is 9.23. The van der Waals surface area contributed by atoms with Gasteiger partial charge in [-0.1, -0.05) is 78.9 Å². The summed E-state index contributed by atoms with van der Waals surface area (Å²) in [6.07, 6.45) is 5.06. The molecular formula is C30H30N4O2. The number of fused-ring (bicyclic) bond motifs is 1. The van der Waals surface area contributed by atoms with E-state index in [-0.39, 0.29) is 17.9 Å². The van der Waals surface area contributed by atoms with E-state index in [4.69, 9.17) is 0 Å². The van der Waals surface area contributed by atoms with Crippen molar-refractivity contribution >= 4 is 11.8 Å². The van der Waals surface area contributed by atoms with Gasteiger partial charge in [0.25, 0.3) is 5.91 Å². The number of nitrogens with zero attached hydrogens (tertiary/aromatic N) is 2. The van der Waals surface area contributed by atoms with E-state index in [2.05, 4.69) is 27.9 Å². The van der Waals surface area contributed by atoms with Gasteiger partial charge >= 0.3 is 0 Å². The van der Waals surface area contributed by atoms with Crippen LogP contribution in [0.2, 0.25) is 0 Å². The van der Waals surface area contributed by atoms with Crippen molar-refractivity contribution in [2.45, 2.75) is 44.3 Å². The summed E-state index contributed by atoms with van der Waals surface area (Å²) in [5.74, 6) is -0.441. The lowest BCUT2D eigenvalue weighted by atomic mass is 9.92. The van der Waals surface area contributed by atoms with E-state index in [0.29, 0.717) is 18.5 Å². The molecule has 182 valence electrons. The van der Waals surface area contributed by atoms with Gasteiger partial charge in [-0.25, -0.2) is 0 Å². The van der Waals surface area contributed by atoms with Crippen molar-refractivity contribution in [3.63, 3.8) is 0 Å². The molecule has 1 aliphatic rings. The zero-order valence-corrected chi connectivity index (χ0v) is 20.1. The zero-order chi connectivity index (χ0) is 24.7. The standard InChI is InChI=1S/C30H30N4O2/c35-29(24-15-8-3-9-16-24)33-27(19-22-11-4-1-5-12-22)30(36)32-26-17-10-18-28-25(26)20-31-34(28)21-23-13-6-2-7-14-23/h1-9,11-16,20,26-27H,10,17-19,21H2,(H,32,36)(H,33,35). The summed E-state index contributed by atoms with van der Waals surface area (Å²) in [5, 5.41) is 10.8. The molecule has 1 heterocycles. The first-order chi connectivity index (χ1) is 17.7. The molecule has 5 rings (SSSR count). The first kappa shape index (κ1) is 23.5. The Bertz CT molecular complexity index is 1300. The molecule has 3 aromatic carbocycles. The predicted octanol–water partition coefficient (Wildman–Crippen LogP) is 4.47. The van der Waals surface area contributed by atoms with E-state index in [1.807, 2.05) is 77.6 Å². The molecule has 0 saturated carbocycles. The first-order valence-electron chi connectivity index (χ1n) is 12.5. The Morgan fingerprint density at radius 1 is 0.889 bits per heavy atom. The van der Waals surface area contributed by atoms with E-state index in [9.17, 15) is 9.59 Å². The number of carbonyl (C=O) groups is 2. The van der Waals surface area contributed by atoms with Crippen LogP contribution in [0.5, 0.6) is 0 Å². The predicted molar refractivity (Wildman–Crippen MR) is 139 cm³/mol. The fourth-order valence-corrected chi connectivity index (χ4v) is 4.82. The van der Waals surface area contributed by atoms with Gasteiger partial charge in [0.15, 0.2) is 0 Å². The van der Waals surface area contributed by atoms with Gasteiger partial charge in [-0.15, -0.1) is 0 Å². The van der Waals surface area contributed by atoms with E-state index in [1.54, 1.807) is 12.1 Å². The molecule has 1 aliphatic carbocycles. The number of aromatic nitrogens is 2. The second kappa shape index (κ2) is 11.0. The third kappa shape index (κ3) is 5.54. The molecule has 1 aromatic heterocycles. The Hall–Kier alpha value is -4.19. The van der Waals surface area contributed by atoms with Crippen LogP contribution in [0.25, 0.3) is 0 Å². The Kier molecular flexibility index (Phi) is 7.22. The molecule has 36 heavy (non-hydrogen) atoms. The molecule has 0 radical (unpaired) electrons. The van der Waals surface area contributed by atoms with E-state index < -0.39 is 6.04 Å². The van der Waals surface area contributed by atoms with Gasteiger partial charge in [0.1, 0.15) is 6.04 Å². The van der Waals surface area contributed by atoms with Gasteiger partial charge in [-0.05, 0) is 42.5 Å². The molecule has 0 saturated heterocycles. The van der Waals surface area contributed by atoms with Crippen molar-refractivity contribution in [1.82, 2.24) is 20.4 Å². The minimum atomic E-state index is -0.690. The number of amides is 2. The quantitative estimate of drug-likeness (QED) is 0.392. The topological polar surface area (TPSA) is 76.0 Å². The van der Waals surface area contributed by atoms with Gasteiger partial charge in [-0.3, -0.25) is 14.3 Å². The van der Waals surface area contributed by atoms with Gasteiger partial charge in [-0.2, -0.15) is 5.10 Å². The lowest BCUT2D eigenvalue weighted by Crippen LogP contribution is -2.49. The van der Waals surface area contributed by atoms with Gasteiger partial charge in [0.05, 0.1) is 18.8 Å². The maximum atomic E-state index is 13.5. The lowest BCUT2D eigenvalue weighted by Gasteiger charge is -2.27. The van der Waals surface area contributed by atoms with Crippen LogP contribution in [0.4, 0.5) is 0 Å². The van der Waals surface area contributed by atoms with Crippen molar-refractivity contribution in [2.75, 3.05) is 0 Å². The van der Waals surface area contributed by atoms with Crippen molar-refractivity contribution in [1.29, 1.82) is 0 Å². The third-order valence-electron chi connectivity index (χ3n) is 6.69. The molecule has 2 N–H and O–H groups in total. The van der Waals surface area contributed by atoms with E-state index >= 15 is 0 Å². The Morgan fingerprint density at radius 2 is 1.53 bits per heavy atom. The molecule has 2 amide bonds. The Morgan fingerprint density at radius 3 is 2.22 bits per heavy atom. The van der Waals surface area contributed by atoms with Crippen LogP contribution in [0.1, 0.15) is 51.6 Å². The highest BCUT2D eigenvalue weighted by Gasteiger charge is 2.29. The van der Waals surface area contributed by atoms with Crippen LogP contribution in [-0.4, -0.2) is 27.6 Å². The molecule has 2 atom stereocenters. The smallest absolute Gasteiger partial charge is 0.251 e. The number of rotatable bonds is 8. The summed E-state index contributed by atoms with van der Waals surface area (Å²) in [6.45, 7) is 0.709. The highest BCUT2D eigenvalue weighted by atomic mass is 16.2. The Labute approximate surface area is 211 Å². The maximum absolute atomic E-state index is 13.5. The normalized spacial score (nSPS) is 15.5. The summed E-state index contributed by atoms with van der Waals surface area (Å²) < 4.78 is 2.04. The molecule has 0 spiro atoms. The number of hydrogen-bond acceptors (Lipinski definition) is 3. The summed E-state index contributed by atoms with van der Waals surface area (Å²) in [6, 6.07) is 28.2. The highest BCUT2D eigenvalue weighted by molar-refractivity contribution is 5.97. The lowest BCUT2D eigenvalue weighted by molar-refractivity contribution is -0.123. The van der Waals surface area contributed by atoms with E-state index in [0.717, 1.165) is 30.4 Å². The maximum Gasteiger partial charge on any atom is 0.251 e. The van der Waals surface area contributed by atoms with Crippen LogP contribution in [0.15, 0.2) is 97.2 Å². The average Bonchev–Trinajstić information content (AvgIpc) is 3.33. The van der Waals surface area contributed by atoms with Crippen molar-refractivity contribution < 1.29 is 9.59 Å². The summed E-state index contributed by atoms with van der Waals surface area (Å²) in [7, 11) is 0. The Balaban J connectivity index is 1.33. The molecular weight excluding hydrogens is 448 g/mol. The van der Waals surface area contributed by atoms with Crippen LogP contribution in [-0.2, 0) is 24.2 Å². The fraction of sp³-hybridized carbons (Fsp3) is 0.233. The van der Waals surface area contributed by atoms with Crippen LogP contribution in [0, 0.1) is 0 Å². The van der Waals surface area contributed by atoms with Gasteiger partial charge in [0, 0.05) is 23.2 Å². The van der Waals surface area contributed by atoms with Crippen molar-refractivity contribution in [2.24, 2.45) is 0 Å². The zero-order valence-electron chi connectivity index (χ0n) is 20.1. The van der Waals surface area contributed by atoms with Crippen molar-refractivity contribution in [3.05, 3.63) is 125 Å². The average molecular weight is 479 g/mol. The number of nitrogens with one attached hydrogen (secondary N) is 2. The fourth-order valence-electron chi connectivity index (χ4n) is 4.82. The molecule has 0 fully saturated rings. The van der Waals surface area contributed by atoms with E-state index in [1.165, 1.54) is 11.3 Å². The van der Waals surface area contributed by atoms with Crippen LogP contribution >= 0.6 is 0 Å². The van der Waals surface area contributed by atoms with Gasteiger partial charge in [0.2, 0.25) is 5.91 Å². The number of hydrogen-bond donors (Lipinski definition) is 2. The monoisotopic (exact) mass is 478 g/mol. The SMILES string of the molecule is O=C(NC(Cc1ccccc1)C(=O)NC1CCCc2c1cnn2Cc1ccccc1)c1ccccc1. The molecule has 6 nitrogen and oxygen atoms in total. The molecule has 0 aliphatic heterocycles. The summed E-state index contributed by atoms with van der Waals surface area (Å²) >= 11 is 0. The summed E-state index contributed by atoms with van der Waals surface area (Å²) in [4.78, 5) is 26.5. The molecule has 2 unspecified atom stereocenters. The highest BCUT2D eigenvalue weighted by Crippen LogP contribution is 2.30.